The second kappa shape index (κ2) is 6.14. The Morgan fingerprint density at radius 3 is 2.67 bits per heavy atom. The first-order valence-corrected chi connectivity index (χ1v) is 7.05. The smallest absolute Gasteiger partial charge is 0.140 e. The van der Waals surface area contributed by atoms with Crippen LogP contribution in [-0.2, 0) is 6.61 Å². The lowest BCUT2D eigenvalue weighted by molar-refractivity contribution is 0.276. The van der Waals surface area contributed by atoms with Crippen molar-refractivity contribution < 1.29 is 9.84 Å². The van der Waals surface area contributed by atoms with Gasteiger partial charge in [0.15, 0.2) is 0 Å². The number of thioether (sulfide) groups is 1. The fourth-order valence-corrected chi connectivity index (χ4v) is 2.26. The minimum Gasteiger partial charge on any atom is -0.456 e. The molecule has 0 saturated carbocycles. The molecule has 0 saturated heterocycles. The van der Waals surface area contributed by atoms with Gasteiger partial charge in [0.1, 0.15) is 11.5 Å². The van der Waals surface area contributed by atoms with Gasteiger partial charge in [0.2, 0.25) is 0 Å². The van der Waals surface area contributed by atoms with Gasteiger partial charge in [-0.3, -0.25) is 0 Å². The third-order valence-electron chi connectivity index (χ3n) is 2.49. The molecule has 2 aromatic carbocycles. The Balaban J connectivity index is 2.36. The maximum atomic E-state index is 9.29. The molecule has 4 heteroatoms. The molecule has 0 aromatic heterocycles. The molecule has 0 bridgehead atoms. The van der Waals surface area contributed by atoms with Crippen LogP contribution in [0.2, 0.25) is 5.02 Å². The number of para-hydroxylation sites is 1. The Bertz CT molecular complexity index is 543. The molecule has 2 nitrogen and oxygen atoms in total. The van der Waals surface area contributed by atoms with Crippen molar-refractivity contribution in [2.45, 2.75) is 11.5 Å². The van der Waals surface area contributed by atoms with Crippen LogP contribution in [0.4, 0.5) is 0 Å². The summed E-state index contributed by atoms with van der Waals surface area (Å²) in [7, 11) is 0. The molecular formula is C14H13ClO2S. The number of aliphatic hydroxyl groups is 1. The second-order valence-corrected chi connectivity index (χ2v) is 4.95. The largest absolute Gasteiger partial charge is 0.456 e. The minimum absolute atomic E-state index is 0.0755. The summed E-state index contributed by atoms with van der Waals surface area (Å²) < 4.78 is 5.84. The van der Waals surface area contributed by atoms with Gasteiger partial charge in [-0.05, 0) is 30.5 Å². The van der Waals surface area contributed by atoms with Crippen LogP contribution in [-0.4, -0.2) is 11.4 Å². The van der Waals surface area contributed by atoms with Crippen LogP contribution in [0.1, 0.15) is 5.56 Å². The fourth-order valence-electron chi connectivity index (χ4n) is 1.58. The van der Waals surface area contributed by atoms with E-state index in [4.69, 9.17) is 16.3 Å². The summed E-state index contributed by atoms with van der Waals surface area (Å²) >= 11 is 7.56. The van der Waals surface area contributed by atoms with Crippen LogP contribution in [0.15, 0.2) is 47.4 Å². The van der Waals surface area contributed by atoms with Gasteiger partial charge in [-0.15, -0.1) is 11.8 Å². The van der Waals surface area contributed by atoms with E-state index in [1.165, 1.54) is 0 Å². The summed E-state index contributed by atoms with van der Waals surface area (Å²) in [4.78, 5) is 1.04. The second-order valence-electron chi connectivity index (χ2n) is 3.66. The molecule has 0 aliphatic carbocycles. The van der Waals surface area contributed by atoms with E-state index in [-0.39, 0.29) is 6.61 Å². The molecule has 0 unspecified atom stereocenters. The van der Waals surface area contributed by atoms with E-state index in [0.29, 0.717) is 10.8 Å². The number of hydrogen-bond donors (Lipinski definition) is 1. The van der Waals surface area contributed by atoms with E-state index in [1.54, 1.807) is 30.0 Å². The molecule has 0 fully saturated rings. The van der Waals surface area contributed by atoms with Gasteiger partial charge in [0, 0.05) is 15.5 Å². The number of benzene rings is 2. The van der Waals surface area contributed by atoms with Gasteiger partial charge in [-0.1, -0.05) is 29.8 Å². The first-order valence-electron chi connectivity index (χ1n) is 5.44. The van der Waals surface area contributed by atoms with Crippen molar-refractivity contribution in [3.63, 3.8) is 0 Å². The molecule has 18 heavy (non-hydrogen) atoms. The van der Waals surface area contributed by atoms with Crippen molar-refractivity contribution in [1.82, 2.24) is 0 Å². The average molecular weight is 281 g/mol. The van der Waals surface area contributed by atoms with Crippen LogP contribution < -0.4 is 4.74 Å². The maximum absolute atomic E-state index is 9.29. The quantitative estimate of drug-likeness (QED) is 0.845. The summed E-state index contributed by atoms with van der Waals surface area (Å²) in [5, 5.41) is 9.87. The first kappa shape index (κ1) is 13.3. The van der Waals surface area contributed by atoms with Gasteiger partial charge in [-0.2, -0.15) is 0 Å². The lowest BCUT2D eigenvalue weighted by Crippen LogP contribution is -1.92. The number of halogens is 1. The molecule has 2 rings (SSSR count). The zero-order chi connectivity index (χ0) is 13.0. The number of aliphatic hydroxyl groups excluding tert-OH is 1. The lowest BCUT2D eigenvalue weighted by atomic mass is 10.2. The van der Waals surface area contributed by atoms with Gasteiger partial charge >= 0.3 is 0 Å². The zero-order valence-corrected chi connectivity index (χ0v) is 11.5. The van der Waals surface area contributed by atoms with Gasteiger partial charge in [0.05, 0.1) is 6.61 Å². The predicted molar refractivity (Wildman–Crippen MR) is 75.7 cm³/mol. The molecule has 94 valence electrons. The summed E-state index contributed by atoms with van der Waals surface area (Å²) in [6.45, 7) is -0.0755. The predicted octanol–water partition coefficient (Wildman–Crippen LogP) is 4.35. The standard InChI is InChI=1S/C14H13ClO2S/c1-18-14-5-3-2-4-12(14)17-13-8-11(15)7-6-10(13)9-16/h2-8,16H,9H2,1H3. The molecular weight excluding hydrogens is 268 g/mol. The highest BCUT2D eigenvalue weighted by molar-refractivity contribution is 7.98. The van der Waals surface area contributed by atoms with Crippen molar-refractivity contribution >= 4 is 23.4 Å². The molecule has 0 spiro atoms. The number of rotatable bonds is 4. The average Bonchev–Trinajstić information content (AvgIpc) is 2.40. The Morgan fingerprint density at radius 1 is 1.17 bits per heavy atom. The molecule has 0 heterocycles. The first-order chi connectivity index (χ1) is 8.74. The fraction of sp³-hybridized carbons (Fsp3) is 0.143. The molecule has 0 aliphatic rings. The minimum atomic E-state index is -0.0755. The molecule has 0 radical (unpaired) electrons. The van der Waals surface area contributed by atoms with Crippen LogP contribution in [0.5, 0.6) is 11.5 Å². The van der Waals surface area contributed by atoms with E-state index in [0.717, 1.165) is 16.2 Å². The van der Waals surface area contributed by atoms with Crippen LogP contribution in [0.25, 0.3) is 0 Å². The zero-order valence-electron chi connectivity index (χ0n) is 9.89. The van der Waals surface area contributed by atoms with E-state index in [1.807, 2.05) is 30.5 Å². The SMILES string of the molecule is CSc1ccccc1Oc1cc(Cl)ccc1CO. The molecule has 1 N–H and O–H groups in total. The van der Waals surface area contributed by atoms with E-state index >= 15 is 0 Å². The van der Waals surface area contributed by atoms with Gasteiger partial charge in [0.25, 0.3) is 0 Å². The van der Waals surface area contributed by atoms with Crippen LogP contribution in [0, 0.1) is 0 Å². The topological polar surface area (TPSA) is 29.5 Å². The lowest BCUT2D eigenvalue weighted by Gasteiger charge is -2.12. The highest BCUT2D eigenvalue weighted by atomic mass is 35.5. The summed E-state index contributed by atoms with van der Waals surface area (Å²) in [5.41, 5.74) is 0.718. The normalized spacial score (nSPS) is 10.4. The van der Waals surface area contributed by atoms with Crippen LogP contribution in [0.3, 0.4) is 0 Å². The monoisotopic (exact) mass is 280 g/mol. The summed E-state index contributed by atoms with van der Waals surface area (Å²) in [6.07, 6.45) is 1.99. The Labute approximate surface area is 116 Å². The molecule has 0 atom stereocenters. The Morgan fingerprint density at radius 2 is 1.94 bits per heavy atom. The number of hydrogen-bond acceptors (Lipinski definition) is 3. The highest BCUT2D eigenvalue weighted by Gasteiger charge is 2.08. The van der Waals surface area contributed by atoms with Crippen molar-refractivity contribution in [1.29, 1.82) is 0 Å². The van der Waals surface area contributed by atoms with Crippen molar-refractivity contribution in [3.05, 3.63) is 53.1 Å². The number of ether oxygens (including phenoxy) is 1. The van der Waals surface area contributed by atoms with Crippen LogP contribution >= 0.6 is 23.4 Å². The van der Waals surface area contributed by atoms with Crippen molar-refractivity contribution in [3.8, 4) is 11.5 Å². The van der Waals surface area contributed by atoms with Crippen molar-refractivity contribution in [2.75, 3.05) is 6.26 Å². The highest BCUT2D eigenvalue weighted by Crippen LogP contribution is 2.34. The van der Waals surface area contributed by atoms with E-state index in [9.17, 15) is 5.11 Å². The van der Waals surface area contributed by atoms with Gasteiger partial charge in [-0.25, -0.2) is 0 Å². The third-order valence-corrected chi connectivity index (χ3v) is 3.50. The van der Waals surface area contributed by atoms with Gasteiger partial charge < -0.3 is 9.84 Å². The Hall–Kier alpha value is -1.16. The summed E-state index contributed by atoms with van der Waals surface area (Å²) in [5.74, 6) is 1.36. The van der Waals surface area contributed by atoms with Crippen molar-refractivity contribution in [2.24, 2.45) is 0 Å². The van der Waals surface area contributed by atoms with E-state index in [2.05, 4.69) is 0 Å². The molecule has 2 aromatic rings. The summed E-state index contributed by atoms with van der Waals surface area (Å²) in [6, 6.07) is 13.0. The molecule has 0 amide bonds. The Kier molecular flexibility index (Phi) is 4.53. The third kappa shape index (κ3) is 2.99. The van der Waals surface area contributed by atoms with E-state index < -0.39 is 0 Å². The maximum Gasteiger partial charge on any atom is 0.140 e. The molecule has 0 aliphatic heterocycles.